The van der Waals surface area contributed by atoms with Gasteiger partial charge in [0, 0.05) is 13.2 Å². The summed E-state index contributed by atoms with van der Waals surface area (Å²) in [5.41, 5.74) is 1.13. The van der Waals surface area contributed by atoms with Gasteiger partial charge in [-0.2, -0.15) is 0 Å². The summed E-state index contributed by atoms with van der Waals surface area (Å²) < 4.78 is 10.7. The number of para-hydroxylation sites is 1. The first-order chi connectivity index (χ1) is 10.4. The molecular formula is C16H20N2O4. The molecule has 1 fully saturated rings. The van der Waals surface area contributed by atoms with Gasteiger partial charge in [-0.15, -0.1) is 0 Å². The molecule has 0 spiro atoms. The number of rotatable bonds is 3. The first-order valence-corrected chi connectivity index (χ1v) is 7.49. The number of carbonyl (C=O) groups is 1. The molecule has 2 N–H and O–H groups in total. The fourth-order valence-corrected chi connectivity index (χ4v) is 3.03. The van der Waals surface area contributed by atoms with E-state index >= 15 is 0 Å². The van der Waals surface area contributed by atoms with Crippen molar-refractivity contribution in [3.05, 3.63) is 34.3 Å². The highest BCUT2D eigenvalue weighted by atomic mass is 16.5. The van der Waals surface area contributed by atoms with Crippen molar-refractivity contribution in [1.82, 2.24) is 10.3 Å². The molecule has 22 heavy (non-hydrogen) atoms. The molecule has 1 atom stereocenters. The topological polar surface area (TPSA) is 84.3 Å². The third kappa shape index (κ3) is 3.06. The van der Waals surface area contributed by atoms with Crippen LogP contribution in [-0.2, 0) is 4.74 Å². The highest BCUT2D eigenvalue weighted by Crippen LogP contribution is 2.28. The number of H-pyrrole nitrogens is 1. The van der Waals surface area contributed by atoms with E-state index in [1.54, 1.807) is 18.2 Å². The van der Waals surface area contributed by atoms with Gasteiger partial charge in [0.1, 0.15) is 0 Å². The summed E-state index contributed by atoms with van der Waals surface area (Å²) >= 11 is 0. The monoisotopic (exact) mass is 304 g/mol. The lowest BCUT2D eigenvalue weighted by atomic mass is 9.88. The number of benzene rings is 1. The average molecular weight is 304 g/mol. The lowest BCUT2D eigenvalue weighted by Gasteiger charge is -2.35. The average Bonchev–Trinajstić information content (AvgIpc) is 2.83. The van der Waals surface area contributed by atoms with Crippen LogP contribution in [0.5, 0.6) is 0 Å². The minimum atomic E-state index is -0.554. The van der Waals surface area contributed by atoms with Crippen molar-refractivity contribution >= 4 is 17.0 Å². The number of aromatic amines is 1. The maximum Gasteiger partial charge on any atom is 0.417 e. The molecule has 0 unspecified atom stereocenters. The number of hydrogen-bond donors (Lipinski definition) is 2. The van der Waals surface area contributed by atoms with Crippen molar-refractivity contribution in [1.29, 1.82) is 0 Å². The van der Waals surface area contributed by atoms with E-state index in [2.05, 4.69) is 24.1 Å². The number of hydrogen-bond acceptors (Lipinski definition) is 4. The molecule has 1 aliphatic rings. The molecule has 0 bridgehead atoms. The first kappa shape index (κ1) is 14.8. The molecule has 0 saturated carbocycles. The van der Waals surface area contributed by atoms with E-state index in [0.29, 0.717) is 29.1 Å². The molecule has 6 heteroatoms. The van der Waals surface area contributed by atoms with Crippen LogP contribution in [0.25, 0.3) is 11.1 Å². The van der Waals surface area contributed by atoms with Gasteiger partial charge in [-0.05, 0) is 44.7 Å². The Morgan fingerprint density at radius 2 is 2.27 bits per heavy atom. The van der Waals surface area contributed by atoms with Gasteiger partial charge >= 0.3 is 5.76 Å². The number of nitrogens with one attached hydrogen (secondary N) is 2. The number of ether oxygens (including phenoxy) is 1. The van der Waals surface area contributed by atoms with E-state index < -0.39 is 5.76 Å². The SMILES string of the molecule is CC1(C)C[C@@H](CNC(=O)c2cccc3oc(=O)[nH]c23)CCO1. The van der Waals surface area contributed by atoms with Crippen LogP contribution in [0, 0.1) is 5.92 Å². The van der Waals surface area contributed by atoms with E-state index in [9.17, 15) is 9.59 Å². The Morgan fingerprint density at radius 1 is 1.45 bits per heavy atom. The van der Waals surface area contributed by atoms with Crippen LogP contribution >= 0.6 is 0 Å². The van der Waals surface area contributed by atoms with E-state index in [-0.39, 0.29) is 11.5 Å². The summed E-state index contributed by atoms with van der Waals surface area (Å²) in [6, 6.07) is 5.04. The maximum absolute atomic E-state index is 12.4. The van der Waals surface area contributed by atoms with Gasteiger partial charge in [-0.3, -0.25) is 9.78 Å². The third-order valence-corrected chi connectivity index (χ3v) is 4.05. The molecule has 2 aromatic rings. The summed E-state index contributed by atoms with van der Waals surface area (Å²) in [5, 5.41) is 2.95. The van der Waals surface area contributed by atoms with Gasteiger partial charge in [-0.1, -0.05) is 6.07 Å². The molecule has 118 valence electrons. The highest BCUT2D eigenvalue weighted by Gasteiger charge is 2.29. The van der Waals surface area contributed by atoms with Crippen LogP contribution in [-0.4, -0.2) is 29.6 Å². The zero-order valence-corrected chi connectivity index (χ0v) is 12.8. The van der Waals surface area contributed by atoms with Crippen LogP contribution in [0.1, 0.15) is 37.0 Å². The predicted octanol–water partition coefficient (Wildman–Crippen LogP) is 2.06. The van der Waals surface area contributed by atoms with Crippen LogP contribution < -0.4 is 11.1 Å². The van der Waals surface area contributed by atoms with E-state index in [1.165, 1.54) is 0 Å². The Labute approximate surface area is 127 Å². The van der Waals surface area contributed by atoms with Gasteiger partial charge < -0.3 is 14.5 Å². The van der Waals surface area contributed by atoms with Crippen molar-refractivity contribution in [3.8, 4) is 0 Å². The molecule has 0 radical (unpaired) electrons. The fraction of sp³-hybridized carbons (Fsp3) is 0.500. The largest absolute Gasteiger partial charge is 0.417 e. The van der Waals surface area contributed by atoms with Gasteiger partial charge in [0.2, 0.25) is 0 Å². The van der Waals surface area contributed by atoms with E-state index in [0.717, 1.165) is 19.4 Å². The Kier molecular flexibility index (Phi) is 3.78. The van der Waals surface area contributed by atoms with Crippen molar-refractivity contribution < 1.29 is 13.9 Å². The number of oxazole rings is 1. The first-order valence-electron chi connectivity index (χ1n) is 7.49. The summed E-state index contributed by atoms with van der Waals surface area (Å²) in [6.45, 7) is 5.46. The zero-order chi connectivity index (χ0) is 15.7. The second-order valence-electron chi connectivity index (χ2n) is 6.37. The van der Waals surface area contributed by atoms with Crippen LogP contribution in [0.4, 0.5) is 0 Å². The van der Waals surface area contributed by atoms with Crippen molar-refractivity contribution in [2.75, 3.05) is 13.2 Å². The zero-order valence-electron chi connectivity index (χ0n) is 12.8. The van der Waals surface area contributed by atoms with Gasteiger partial charge in [0.25, 0.3) is 5.91 Å². The molecule has 2 heterocycles. The summed E-state index contributed by atoms with van der Waals surface area (Å²) in [5.74, 6) is -0.358. The lowest BCUT2D eigenvalue weighted by molar-refractivity contribution is -0.0715. The van der Waals surface area contributed by atoms with E-state index in [4.69, 9.17) is 9.15 Å². The van der Waals surface area contributed by atoms with Gasteiger partial charge in [0.15, 0.2) is 5.58 Å². The summed E-state index contributed by atoms with van der Waals surface area (Å²) in [6.07, 6.45) is 1.86. The van der Waals surface area contributed by atoms with Crippen LogP contribution in [0.15, 0.2) is 27.4 Å². The molecule has 1 aliphatic heterocycles. The molecule has 6 nitrogen and oxygen atoms in total. The maximum atomic E-state index is 12.4. The summed E-state index contributed by atoms with van der Waals surface area (Å²) in [4.78, 5) is 26.2. The molecule has 1 aromatic heterocycles. The second-order valence-corrected chi connectivity index (χ2v) is 6.37. The second kappa shape index (κ2) is 5.61. The Morgan fingerprint density at radius 3 is 3.05 bits per heavy atom. The van der Waals surface area contributed by atoms with E-state index in [1.807, 2.05) is 0 Å². The Bertz CT molecular complexity index is 744. The van der Waals surface area contributed by atoms with Gasteiger partial charge in [-0.25, -0.2) is 4.79 Å². The minimum absolute atomic E-state index is 0.135. The smallest absolute Gasteiger partial charge is 0.408 e. The molecule has 1 saturated heterocycles. The normalized spacial score (nSPS) is 20.9. The predicted molar refractivity (Wildman–Crippen MR) is 81.9 cm³/mol. The van der Waals surface area contributed by atoms with Crippen LogP contribution in [0.3, 0.4) is 0 Å². The van der Waals surface area contributed by atoms with Crippen molar-refractivity contribution in [3.63, 3.8) is 0 Å². The number of amides is 1. The van der Waals surface area contributed by atoms with Crippen molar-refractivity contribution in [2.24, 2.45) is 5.92 Å². The van der Waals surface area contributed by atoms with Gasteiger partial charge in [0.05, 0.1) is 16.7 Å². The number of carbonyl (C=O) groups excluding carboxylic acids is 1. The Hall–Kier alpha value is -2.08. The molecule has 0 aliphatic carbocycles. The minimum Gasteiger partial charge on any atom is -0.408 e. The number of fused-ring (bicyclic) bond motifs is 1. The quantitative estimate of drug-likeness (QED) is 0.909. The molecule has 3 rings (SSSR count). The third-order valence-electron chi connectivity index (χ3n) is 4.05. The lowest BCUT2D eigenvalue weighted by Crippen LogP contribution is -2.39. The summed E-state index contributed by atoms with van der Waals surface area (Å²) in [7, 11) is 0. The highest BCUT2D eigenvalue weighted by molar-refractivity contribution is 6.04. The Balaban J connectivity index is 1.70. The van der Waals surface area contributed by atoms with Crippen molar-refractivity contribution in [2.45, 2.75) is 32.3 Å². The number of aromatic nitrogens is 1. The molecule has 1 aromatic carbocycles. The fourth-order valence-electron chi connectivity index (χ4n) is 3.03. The van der Waals surface area contributed by atoms with Crippen LogP contribution in [0.2, 0.25) is 0 Å². The molecule has 1 amide bonds. The standard InChI is InChI=1S/C16H20N2O4/c1-16(2)8-10(6-7-21-16)9-17-14(19)11-4-3-5-12-13(11)18-15(20)22-12/h3-5,10H,6-9H2,1-2H3,(H,17,19)(H,18,20)/t10-/m0/s1. The molecular weight excluding hydrogens is 284 g/mol.